The van der Waals surface area contributed by atoms with E-state index < -0.39 is 0 Å². The van der Waals surface area contributed by atoms with Crippen molar-refractivity contribution < 1.29 is 17.0 Å². The molecule has 4 heteroatoms. The van der Waals surface area contributed by atoms with Gasteiger partial charge in [0.1, 0.15) is 0 Å². The number of nitrogens with zero attached hydrogens (tertiary/aromatic N) is 2. The third-order valence-electron chi connectivity index (χ3n) is 3.61. The fraction of sp³-hybridized carbons (Fsp3) is 0.211. The molecule has 0 N–H and O–H groups in total. The summed E-state index contributed by atoms with van der Waals surface area (Å²) in [6.45, 7) is 1.08. The molecule has 0 radical (unpaired) electrons. The van der Waals surface area contributed by atoms with Gasteiger partial charge in [-0.2, -0.15) is 0 Å². The molecule has 1 heterocycles. The summed E-state index contributed by atoms with van der Waals surface area (Å²) in [5, 5.41) is 2.55. The van der Waals surface area contributed by atoms with E-state index in [1.54, 1.807) is 0 Å². The summed E-state index contributed by atoms with van der Waals surface area (Å²) < 4.78 is 2.36. The second-order valence-corrected chi connectivity index (χ2v) is 6.67. The van der Waals surface area contributed by atoms with E-state index in [1.165, 1.54) is 21.6 Å². The molecule has 0 fully saturated rings. The van der Waals surface area contributed by atoms with E-state index in [0.29, 0.717) is 0 Å². The van der Waals surface area contributed by atoms with Gasteiger partial charge >= 0.3 is 0 Å². The highest BCUT2D eigenvalue weighted by Crippen LogP contribution is 2.20. The van der Waals surface area contributed by atoms with Crippen molar-refractivity contribution in [1.29, 1.82) is 0 Å². The quantitative estimate of drug-likeness (QED) is 0.499. The van der Waals surface area contributed by atoms with Crippen molar-refractivity contribution >= 4 is 22.7 Å². The Kier molecular flexibility index (Phi) is 6.46. The smallest absolute Gasteiger partial charge is 0.246 e. The Bertz CT molecular complexity index is 760. The zero-order valence-electron chi connectivity index (χ0n) is 13.4. The highest BCUT2D eigenvalue weighted by atomic mass is 35.5. The van der Waals surface area contributed by atoms with Gasteiger partial charge < -0.3 is 17.3 Å². The summed E-state index contributed by atoms with van der Waals surface area (Å²) in [5.41, 5.74) is 2.47. The minimum absolute atomic E-state index is 0. The molecule has 3 rings (SSSR count). The van der Waals surface area contributed by atoms with E-state index in [2.05, 4.69) is 90.3 Å². The minimum atomic E-state index is 0. The van der Waals surface area contributed by atoms with Gasteiger partial charge in [0.05, 0.1) is 0 Å². The van der Waals surface area contributed by atoms with Gasteiger partial charge in [-0.1, -0.05) is 42.1 Å². The second kappa shape index (κ2) is 8.34. The van der Waals surface area contributed by atoms with E-state index >= 15 is 0 Å². The first-order valence-corrected chi connectivity index (χ1v) is 8.51. The molecule has 0 amide bonds. The van der Waals surface area contributed by atoms with E-state index in [0.717, 1.165) is 12.3 Å². The van der Waals surface area contributed by atoms with E-state index in [4.69, 9.17) is 0 Å². The molecule has 0 unspecified atom stereocenters. The maximum atomic E-state index is 2.36. The van der Waals surface area contributed by atoms with Gasteiger partial charge in [-0.05, 0) is 26.2 Å². The fourth-order valence-electron chi connectivity index (χ4n) is 2.48. The molecule has 0 atom stereocenters. The first kappa shape index (κ1) is 17.8. The number of fused-ring (bicyclic) bond motifs is 1. The first-order chi connectivity index (χ1) is 10.8. The highest BCUT2D eigenvalue weighted by Gasteiger charge is 2.18. The predicted octanol–water partition coefficient (Wildman–Crippen LogP) is 0.774. The molecule has 0 saturated heterocycles. The number of para-hydroxylation sites is 2. The average molecular weight is 345 g/mol. The standard InChI is InChI=1S/C19H21N2S.ClH/c1-20(2)14-15-22-19-13-12-16-8-6-7-11-18(16)21(19)17-9-4-3-5-10-17;/h3-13H,14-15H2,1-2H3;1H/q+1;/p-1. The Labute approximate surface area is 148 Å². The van der Waals surface area contributed by atoms with Crippen LogP contribution in [0.5, 0.6) is 0 Å². The van der Waals surface area contributed by atoms with Gasteiger partial charge in [0.15, 0.2) is 0 Å². The summed E-state index contributed by atoms with van der Waals surface area (Å²) in [5.74, 6) is 1.08. The monoisotopic (exact) mass is 344 g/mol. The number of halogens is 1. The molecule has 0 spiro atoms. The van der Waals surface area contributed by atoms with Crippen LogP contribution in [0.25, 0.3) is 16.6 Å². The van der Waals surface area contributed by atoms with Gasteiger partial charge in [-0.15, -0.1) is 4.57 Å². The summed E-state index contributed by atoms with van der Waals surface area (Å²) in [6, 6.07) is 23.6. The third kappa shape index (κ3) is 4.25. The molecule has 2 aromatic carbocycles. The van der Waals surface area contributed by atoms with Crippen molar-refractivity contribution in [3.63, 3.8) is 0 Å². The first-order valence-electron chi connectivity index (χ1n) is 7.52. The van der Waals surface area contributed by atoms with Gasteiger partial charge in [-0.3, -0.25) is 0 Å². The molecule has 1 aromatic heterocycles. The Morgan fingerprint density at radius 2 is 1.57 bits per heavy atom. The molecule has 3 aromatic rings. The van der Waals surface area contributed by atoms with Crippen LogP contribution in [0.4, 0.5) is 0 Å². The van der Waals surface area contributed by atoms with Crippen molar-refractivity contribution in [3.8, 4) is 5.69 Å². The maximum absolute atomic E-state index is 2.36. The Morgan fingerprint density at radius 1 is 0.870 bits per heavy atom. The fourth-order valence-corrected chi connectivity index (χ4v) is 3.64. The summed E-state index contributed by atoms with van der Waals surface area (Å²) >= 11 is 1.91. The number of hydrogen-bond acceptors (Lipinski definition) is 2. The number of benzene rings is 2. The predicted molar refractivity (Wildman–Crippen MR) is 94.8 cm³/mol. The lowest BCUT2D eigenvalue weighted by Gasteiger charge is -2.09. The van der Waals surface area contributed by atoms with Crippen LogP contribution in [0.15, 0.2) is 71.8 Å². The molecule has 0 aliphatic heterocycles. The van der Waals surface area contributed by atoms with Crippen LogP contribution in [0, 0.1) is 0 Å². The molecule has 0 aliphatic carbocycles. The topological polar surface area (TPSA) is 7.12 Å². The maximum Gasteiger partial charge on any atom is 0.246 e. The minimum Gasteiger partial charge on any atom is -1.00 e. The molecule has 120 valence electrons. The Hall–Kier alpha value is -1.55. The van der Waals surface area contributed by atoms with Crippen LogP contribution in [0.2, 0.25) is 0 Å². The second-order valence-electron chi connectivity index (χ2n) is 5.55. The molecule has 0 aliphatic rings. The van der Waals surface area contributed by atoms with E-state index in [1.807, 2.05) is 11.8 Å². The van der Waals surface area contributed by atoms with Crippen LogP contribution in [-0.2, 0) is 0 Å². The number of thioether (sulfide) groups is 1. The van der Waals surface area contributed by atoms with Crippen LogP contribution >= 0.6 is 11.8 Å². The van der Waals surface area contributed by atoms with Crippen molar-refractivity contribution in [1.82, 2.24) is 4.90 Å². The lowest BCUT2D eigenvalue weighted by Crippen LogP contribution is -3.00. The summed E-state index contributed by atoms with van der Waals surface area (Å²) in [4.78, 5) is 2.22. The highest BCUT2D eigenvalue weighted by molar-refractivity contribution is 7.99. The van der Waals surface area contributed by atoms with Gasteiger partial charge in [0.2, 0.25) is 16.2 Å². The SMILES string of the molecule is CN(C)CCSc1ccc2ccccc2[n+]1-c1ccccc1.[Cl-]. The molecular formula is C19H21ClN2S. The normalized spacial score (nSPS) is 10.7. The van der Waals surface area contributed by atoms with Gasteiger partial charge in [0.25, 0.3) is 0 Å². The summed E-state index contributed by atoms with van der Waals surface area (Å²) in [7, 11) is 4.23. The van der Waals surface area contributed by atoms with Crippen LogP contribution < -0.4 is 17.0 Å². The molecule has 23 heavy (non-hydrogen) atoms. The zero-order valence-corrected chi connectivity index (χ0v) is 15.0. The van der Waals surface area contributed by atoms with Crippen molar-refractivity contribution in [3.05, 3.63) is 66.7 Å². The van der Waals surface area contributed by atoms with Crippen LogP contribution in [0.3, 0.4) is 0 Å². The Morgan fingerprint density at radius 3 is 2.30 bits per heavy atom. The van der Waals surface area contributed by atoms with Crippen LogP contribution in [0.1, 0.15) is 0 Å². The lowest BCUT2D eigenvalue weighted by atomic mass is 10.2. The number of hydrogen-bond donors (Lipinski definition) is 0. The molecule has 2 nitrogen and oxygen atoms in total. The van der Waals surface area contributed by atoms with E-state index in [9.17, 15) is 0 Å². The lowest BCUT2D eigenvalue weighted by molar-refractivity contribution is -0.608. The van der Waals surface area contributed by atoms with Gasteiger partial charge in [-0.25, -0.2) is 0 Å². The largest absolute Gasteiger partial charge is 1.00 e. The Balaban J connectivity index is 0.00000192. The number of pyridine rings is 1. The average Bonchev–Trinajstić information content (AvgIpc) is 2.55. The van der Waals surface area contributed by atoms with Crippen molar-refractivity contribution in [2.45, 2.75) is 5.03 Å². The number of rotatable bonds is 5. The van der Waals surface area contributed by atoms with E-state index in [-0.39, 0.29) is 12.4 Å². The summed E-state index contributed by atoms with van der Waals surface area (Å²) in [6.07, 6.45) is 0. The molecule has 0 saturated carbocycles. The molecule has 0 bridgehead atoms. The van der Waals surface area contributed by atoms with Crippen molar-refractivity contribution in [2.24, 2.45) is 0 Å². The zero-order chi connectivity index (χ0) is 15.4. The van der Waals surface area contributed by atoms with Crippen LogP contribution in [-0.4, -0.2) is 31.3 Å². The van der Waals surface area contributed by atoms with Crippen molar-refractivity contribution in [2.75, 3.05) is 26.4 Å². The molecular weight excluding hydrogens is 324 g/mol. The van der Waals surface area contributed by atoms with Gasteiger partial charge in [0, 0.05) is 41.9 Å². The number of aromatic nitrogens is 1. The third-order valence-corrected chi connectivity index (χ3v) is 4.61.